The summed E-state index contributed by atoms with van der Waals surface area (Å²) >= 11 is 0. The van der Waals surface area contributed by atoms with Crippen LogP contribution in [0.2, 0.25) is 19.6 Å². The minimum Gasteiger partial charge on any atom is -0.520 e. The molecule has 4 nitrogen and oxygen atoms in total. The SMILES string of the molecule is C[Si](C)(C)OC(=O)CC1CCC(=O)O1. The van der Waals surface area contributed by atoms with Crippen LogP contribution in [0.25, 0.3) is 0 Å². The molecule has 0 aliphatic carbocycles. The quantitative estimate of drug-likeness (QED) is 0.529. The van der Waals surface area contributed by atoms with Gasteiger partial charge in [0.1, 0.15) is 6.10 Å². The topological polar surface area (TPSA) is 52.6 Å². The molecular formula is C9H16O4Si. The van der Waals surface area contributed by atoms with E-state index < -0.39 is 8.32 Å². The lowest BCUT2D eigenvalue weighted by atomic mass is 10.2. The lowest BCUT2D eigenvalue weighted by molar-refractivity contribution is -0.145. The summed E-state index contributed by atoms with van der Waals surface area (Å²) in [6.07, 6.45) is 1.01. The summed E-state index contributed by atoms with van der Waals surface area (Å²) in [4.78, 5) is 22.1. The van der Waals surface area contributed by atoms with E-state index in [-0.39, 0.29) is 24.5 Å². The lowest BCUT2D eigenvalue weighted by Crippen LogP contribution is -2.30. The number of ether oxygens (including phenoxy) is 1. The molecule has 1 fully saturated rings. The average Bonchev–Trinajstić information content (AvgIpc) is 2.30. The van der Waals surface area contributed by atoms with Gasteiger partial charge in [-0.15, -0.1) is 0 Å². The second kappa shape index (κ2) is 4.12. The molecule has 14 heavy (non-hydrogen) atoms. The second-order valence-electron chi connectivity index (χ2n) is 4.44. The summed E-state index contributed by atoms with van der Waals surface area (Å²) < 4.78 is 10.2. The zero-order valence-electron chi connectivity index (χ0n) is 8.83. The molecule has 1 heterocycles. The molecular weight excluding hydrogens is 200 g/mol. The predicted molar refractivity (Wildman–Crippen MR) is 53.2 cm³/mol. The van der Waals surface area contributed by atoms with Crippen molar-refractivity contribution in [3.63, 3.8) is 0 Å². The summed E-state index contributed by atoms with van der Waals surface area (Å²) in [6.45, 7) is 5.85. The van der Waals surface area contributed by atoms with Crippen molar-refractivity contribution in [2.75, 3.05) is 0 Å². The van der Waals surface area contributed by atoms with Crippen molar-refractivity contribution < 1.29 is 18.8 Å². The van der Waals surface area contributed by atoms with Crippen molar-refractivity contribution in [2.24, 2.45) is 0 Å². The van der Waals surface area contributed by atoms with Crippen molar-refractivity contribution in [3.05, 3.63) is 0 Å². The van der Waals surface area contributed by atoms with Gasteiger partial charge in [0.2, 0.25) is 8.32 Å². The van der Waals surface area contributed by atoms with Gasteiger partial charge in [0, 0.05) is 6.42 Å². The smallest absolute Gasteiger partial charge is 0.306 e. The van der Waals surface area contributed by atoms with E-state index in [0.717, 1.165) is 0 Å². The average molecular weight is 216 g/mol. The molecule has 0 aromatic heterocycles. The van der Waals surface area contributed by atoms with Crippen LogP contribution >= 0.6 is 0 Å². The van der Waals surface area contributed by atoms with E-state index in [0.29, 0.717) is 12.8 Å². The maximum Gasteiger partial charge on any atom is 0.306 e. The summed E-state index contributed by atoms with van der Waals surface area (Å²) in [6, 6.07) is 0. The number of cyclic esters (lactones) is 1. The molecule has 0 aromatic rings. The molecule has 0 radical (unpaired) electrons. The van der Waals surface area contributed by atoms with E-state index in [9.17, 15) is 9.59 Å². The van der Waals surface area contributed by atoms with E-state index in [1.807, 2.05) is 19.6 Å². The largest absolute Gasteiger partial charge is 0.520 e. The van der Waals surface area contributed by atoms with Gasteiger partial charge in [-0.1, -0.05) is 0 Å². The third-order valence-electron chi connectivity index (χ3n) is 1.78. The van der Waals surface area contributed by atoms with Crippen LogP contribution in [0.3, 0.4) is 0 Å². The van der Waals surface area contributed by atoms with Crippen LogP contribution in [0.1, 0.15) is 19.3 Å². The van der Waals surface area contributed by atoms with Gasteiger partial charge in [-0.25, -0.2) is 0 Å². The lowest BCUT2D eigenvalue weighted by Gasteiger charge is -2.18. The summed E-state index contributed by atoms with van der Waals surface area (Å²) in [7, 11) is -1.80. The van der Waals surface area contributed by atoms with Gasteiger partial charge in [0.05, 0.1) is 6.42 Å². The van der Waals surface area contributed by atoms with E-state index in [2.05, 4.69) is 0 Å². The molecule has 0 saturated carbocycles. The maximum absolute atomic E-state index is 11.3. The third kappa shape index (κ3) is 3.91. The van der Waals surface area contributed by atoms with Crippen LogP contribution in [-0.4, -0.2) is 26.4 Å². The van der Waals surface area contributed by atoms with E-state index in [1.165, 1.54) is 0 Å². The highest BCUT2D eigenvalue weighted by atomic mass is 28.4. The monoisotopic (exact) mass is 216 g/mol. The van der Waals surface area contributed by atoms with Crippen LogP contribution in [-0.2, 0) is 18.8 Å². The van der Waals surface area contributed by atoms with Gasteiger partial charge < -0.3 is 9.16 Å². The first kappa shape index (κ1) is 11.2. The molecule has 0 bridgehead atoms. The van der Waals surface area contributed by atoms with Crippen molar-refractivity contribution in [1.29, 1.82) is 0 Å². The van der Waals surface area contributed by atoms with Crippen LogP contribution in [0.15, 0.2) is 0 Å². The predicted octanol–water partition coefficient (Wildman–Crippen LogP) is 1.46. The third-order valence-corrected chi connectivity index (χ3v) is 2.62. The Bertz CT molecular complexity index is 244. The minimum absolute atomic E-state index is 0.204. The van der Waals surface area contributed by atoms with Gasteiger partial charge in [0.25, 0.3) is 5.97 Å². The van der Waals surface area contributed by atoms with Crippen LogP contribution in [0.4, 0.5) is 0 Å². The molecule has 1 saturated heterocycles. The zero-order valence-corrected chi connectivity index (χ0v) is 9.83. The van der Waals surface area contributed by atoms with Crippen LogP contribution in [0, 0.1) is 0 Å². The first-order chi connectivity index (χ1) is 6.37. The molecule has 80 valence electrons. The number of hydrogen-bond acceptors (Lipinski definition) is 4. The normalized spacial score (nSPS) is 21.9. The molecule has 1 aliphatic rings. The van der Waals surface area contributed by atoms with Gasteiger partial charge in [-0.3, -0.25) is 9.59 Å². The van der Waals surface area contributed by atoms with Gasteiger partial charge >= 0.3 is 5.97 Å². The number of carbonyl (C=O) groups is 2. The Morgan fingerprint density at radius 2 is 2.21 bits per heavy atom. The Hall–Kier alpha value is -0.843. The Morgan fingerprint density at radius 3 is 2.64 bits per heavy atom. The summed E-state index contributed by atoms with van der Waals surface area (Å²) in [5, 5.41) is 0. The highest BCUT2D eigenvalue weighted by Gasteiger charge is 2.28. The fourth-order valence-electron chi connectivity index (χ4n) is 1.30. The molecule has 0 aromatic carbocycles. The minimum atomic E-state index is -1.80. The Kier molecular flexibility index (Phi) is 3.31. The molecule has 1 unspecified atom stereocenters. The number of hydrogen-bond donors (Lipinski definition) is 0. The number of carbonyl (C=O) groups excluding carboxylic acids is 2. The second-order valence-corrected chi connectivity index (χ2v) is 8.87. The van der Waals surface area contributed by atoms with E-state index in [4.69, 9.17) is 9.16 Å². The molecule has 1 aliphatic heterocycles. The highest BCUT2D eigenvalue weighted by Crippen LogP contribution is 2.18. The number of esters is 1. The van der Waals surface area contributed by atoms with Crippen molar-refractivity contribution in [2.45, 2.75) is 45.0 Å². The highest BCUT2D eigenvalue weighted by molar-refractivity contribution is 6.71. The van der Waals surface area contributed by atoms with E-state index in [1.54, 1.807) is 0 Å². The Morgan fingerprint density at radius 1 is 1.57 bits per heavy atom. The zero-order chi connectivity index (χ0) is 10.8. The van der Waals surface area contributed by atoms with Gasteiger partial charge in [-0.05, 0) is 26.1 Å². The van der Waals surface area contributed by atoms with Gasteiger partial charge in [0.15, 0.2) is 0 Å². The Labute approximate surface area is 84.7 Å². The summed E-state index contributed by atoms with van der Waals surface area (Å²) in [5.41, 5.74) is 0. The molecule has 1 rings (SSSR count). The number of rotatable bonds is 3. The van der Waals surface area contributed by atoms with Crippen molar-refractivity contribution in [3.8, 4) is 0 Å². The molecule has 0 N–H and O–H groups in total. The summed E-state index contributed by atoms with van der Waals surface area (Å²) in [5.74, 6) is -0.459. The molecule has 1 atom stereocenters. The van der Waals surface area contributed by atoms with Crippen LogP contribution < -0.4 is 0 Å². The van der Waals surface area contributed by atoms with E-state index >= 15 is 0 Å². The molecule has 5 heteroatoms. The van der Waals surface area contributed by atoms with Gasteiger partial charge in [-0.2, -0.15) is 0 Å². The Balaban J connectivity index is 2.31. The van der Waals surface area contributed by atoms with Crippen molar-refractivity contribution >= 4 is 20.3 Å². The molecule has 0 amide bonds. The fourth-order valence-corrected chi connectivity index (χ4v) is 2.06. The fraction of sp³-hybridized carbons (Fsp3) is 0.778. The maximum atomic E-state index is 11.3. The van der Waals surface area contributed by atoms with Crippen LogP contribution in [0.5, 0.6) is 0 Å². The first-order valence-corrected chi connectivity index (χ1v) is 8.19. The standard InChI is InChI=1S/C9H16O4Si/c1-14(2,3)13-9(11)6-7-4-5-8(10)12-7/h7H,4-6H2,1-3H3. The first-order valence-electron chi connectivity index (χ1n) is 4.78. The molecule has 0 spiro atoms. The van der Waals surface area contributed by atoms with Crippen molar-refractivity contribution in [1.82, 2.24) is 0 Å².